The summed E-state index contributed by atoms with van der Waals surface area (Å²) in [5.41, 5.74) is 6.36. The second-order valence-corrected chi connectivity index (χ2v) is 11.2. The molecular weight excluding hydrogens is 559 g/mol. The number of aliphatic hydroxyl groups excluding tert-OH is 1. The number of aliphatic hydroxyl groups is 1. The molecule has 2 amide bonds. The minimum atomic E-state index is -1.61. The number of carbonyl (C=O) groups excluding carboxylic acids is 2. The lowest BCUT2D eigenvalue weighted by Crippen LogP contribution is -2.51. The smallest absolute Gasteiger partial charge is 0.249 e. The number of hydrogen-bond acceptors (Lipinski definition) is 5. The summed E-state index contributed by atoms with van der Waals surface area (Å²) in [4.78, 5) is 28.7. The van der Waals surface area contributed by atoms with E-state index >= 15 is 0 Å². The summed E-state index contributed by atoms with van der Waals surface area (Å²) in [5, 5.41) is 14.8. The van der Waals surface area contributed by atoms with Crippen molar-refractivity contribution in [1.29, 1.82) is 0 Å². The van der Waals surface area contributed by atoms with Crippen LogP contribution in [0.15, 0.2) is 59.7 Å². The van der Waals surface area contributed by atoms with Gasteiger partial charge in [0.05, 0.1) is 18.6 Å². The van der Waals surface area contributed by atoms with Gasteiger partial charge >= 0.3 is 0 Å². The Morgan fingerprint density at radius 2 is 1.74 bits per heavy atom. The summed E-state index contributed by atoms with van der Waals surface area (Å²) in [6, 6.07) is 9.04. The van der Waals surface area contributed by atoms with Crippen LogP contribution in [0.4, 0.5) is 13.2 Å². The number of amides is 2. The van der Waals surface area contributed by atoms with Gasteiger partial charge in [0, 0.05) is 37.7 Å². The molecule has 0 saturated heterocycles. The average Bonchev–Trinajstić information content (AvgIpc) is 2.97. The van der Waals surface area contributed by atoms with Crippen molar-refractivity contribution in [3.05, 3.63) is 88.3 Å². The fourth-order valence-electron chi connectivity index (χ4n) is 5.84. The van der Waals surface area contributed by atoms with E-state index in [9.17, 15) is 27.9 Å². The van der Waals surface area contributed by atoms with Gasteiger partial charge in [-0.05, 0) is 68.0 Å². The number of hydrogen-bond donors (Lipinski definition) is 3. The molecular formula is C33H42F3N3O4. The van der Waals surface area contributed by atoms with Gasteiger partial charge in [-0.3, -0.25) is 9.59 Å². The fourth-order valence-corrected chi connectivity index (χ4v) is 5.84. The van der Waals surface area contributed by atoms with E-state index in [-0.39, 0.29) is 30.9 Å². The fraction of sp³-hybridized carbons (Fsp3) is 0.455. The van der Waals surface area contributed by atoms with Gasteiger partial charge in [-0.25, -0.2) is 13.2 Å². The molecule has 10 heteroatoms. The van der Waals surface area contributed by atoms with Gasteiger partial charge in [0.2, 0.25) is 11.8 Å². The molecule has 2 aromatic carbocycles. The van der Waals surface area contributed by atoms with Gasteiger partial charge in [0.1, 0.15) is 5.75 Å². The van der Waals surface area contributed by atoms with E-state index in [1.54, 1.807) is 37.2 Å². The molecule has 1 unspecified atom stereocenters. The van der Waals surface area contributed by atoms with Crippen LogP contribution in [0.2, 0.25) is 0 Å². The van der Waals surface area contributed by atoms with Crippen LogP contribution < -0.4 is 15.8 Å². The molecule has 234 valence electrons. The van der Waals surface area contributed by atoms with Gasteiger partial charge in [-0.1, -0.05) is 43.7 Å². The molecule has 0 fully saturated rings. The third-order valence-corrected chi connectivity index (χ3v) is 7.82. The molecule has 43 heavy (non-hydrogen) atoms. The quantitative estimate of drug-likeness (QED) is 0.254. The summed E-state index contributed by atoms with van der Waals surface area (Å²) in [6.07, 6.45) is 3.26. The molecule has 0 bridgehead atoms. The van der Waals surface area contributed by atoms with E-state index in [1.165, 1.54) is 0 Å². The Morgan fingerprint density at radius 1 is 1.09 bits per heavy atom. The number of primary amides is 1. The molecule has 3 rings (SSSR count). The number of benzene rings is 2. The third-order valence-electron chi connectivity index (χ3n) is 7.82. The molecule has 0 spiro atoms. The summed E-state index contributed by atoms with van der Waals surface area (Å²) in [5.74, 6) is -5.75. The molecule has 2 aromatic rings. The van der Waals surface area contributed by atoms with Gasteiger partial charge in [-0.2, -0.15) is 0 Å². The van der Waals surface area contributed by atoms with Crippen LogP contribution in [-0.2, 0) is 22.6 Å². The van der Waals surface area contributed by atoms with Crippen LogP contribution in [0.3, 0.4) is 0 Å². The summed E-state index contributed by atoms with van der Waals surface area (Å²) in [7, 11) is 1.56. The van der Waals surface area contributed by atoms with E-state index in [0.717, 1.165) is 30.5 Å². The number of ether oxygens (including phenoxy) is 1. The Hall–Kier alpha value is -3.63. The highest BCUT2D eigenvalue weighted by atomic mass is 19.2. The average molecular weight is 602 g/mol. The number of nitrogens with two attached hydrogens (primary N) is 1. The molecule has 4 N–H and O–H groups in total. The Morgan fingerprint density at radius 3 is 2.33 bits per heavy atom. The molecule has 1 aliphatic carbocycles. The largest absolute Gasteiger partial charge is 0.497 e. The van der Waals surface area contributed by atoms with E-state index in [4.69, 9.17) is 10.5 Å². The number of nitrogens with one attached hydrogen (secondary N) is 1. The first-order valence-corrected chi connectivity index (χ1v) is 14.6. The number of rotatable bonds is 15. The summed E-state index contributed by atoms with van der Waals surface area (Å²) in [6.45, 7) is 7.07. The van der Waals surface area contributed by atoms with Crippen molar-refractivity contribution in [3.63, 3.8) is 0 Å². The minimum absolute atomic E-state index is 0.0132. The highest BCUT2D eigenvalue weighted by Gasteiger charge is 2.48. The number of methoxy groups -OCH3 is 1. The lowest BCUT2D eigenvalue weighted by molar-refractivity contribution is -0.132. The van der Waals surface area contributed by atoms with Crippen LogP contribution in [0.5, 0.6) is 5.75 Å². The lowest BCUT2D eigenvalue weighted by atomic mass is 9.63. The Kier molecular flexibility index (Phi) is 12.0. The van der Waals surface area contributed by atoms with Gasteiger partial charge in [0.15, 0.2) is 17.5 Å². The Bertz CT molecular complexity index is 1330. The molecule has 0 radical (unpaired) electrons. The van der Waals surface area contributed by atoms with Crippen molar-refractivity contribution >= 4 is 11.8 Å². The van der Waals surface area contributed by atoms with Crippen molar-refractivity contribution in [3.8, 4) is 5.75 Å². The lowest BCUT2D eigenvalue weighted by Gasteiger charge is -2.42. The highest BCUT2D eigenvalue weighted by Crippen LogP contribution is 2.44. The van der Waals surface area contributed by atoms with Crippen LogP contribution in [0.1, 0.15) is 51.2 Å². The van der Waals surface area contributed by atoms with Crippen LogP contribution >= 0.6 is 0 Å². The van der Waals surface area contributed by atoms with Crippen molar-refractivity contribution in [2.75, 3.05) is 26.7 Å². The third kappa shape index (κ3) is 8.26. The van der Waals surface area contributed by atoms with Crippen molar-refractivity contribution in [2.45, 2.75) is 59.1 Å². The first-order valence-electron chi connectivity index (χ1n) is 14.6. The van der Waals surface area contributed by atoms with Gasteiger partial charge in [0.25, 0.3) is 0 Å². The van der Waals surface area contributed by atoms with E-state index in [0.29, 0.717) is 36.5 Å². The monoisotopic (exact) mass is 601 g/mol. The summed E-state index contributed by atoms with van der Waals surface area (Å²) < 4.78 is 47.5. The molecule has 0 heterocycles. The molecule has 3 atom stereocenters. The van der Waals surface area contributed by atoms with Crippen LogP contribution in [0.25, 0.3) is 0 Å². The predicted molar refractivity (Wildman–Crippen MR) is 159 cm³/mol. The van der Waals surface area contributed by atoms with E-state index in [2.05, 4.69) is 5.32 Å². The maximum atomic E-state index is 14.2. The SMILES string of the molecule is CCCN(CCC)C(=O)C1=CC(C)=CC(C(N)=O)([C@H](Cc2cc(F)c(F)c(F)c2)[C@@H](O)CNCc2cccc(OC)c2)C1. The normalized spacial score (nSPS) is 18.0. The second-order valence-electron chi connectivity index (χ2n) is 11.2. The molecule has 0 aliphatic heterocycles. The second kappa shape index (κ2) is 15.2. The highest BCUT2D eigenvalue weighted by molar-refractivity contribution is 5.97. The zero-order chi connectivity index (χ0) is 31.7. The number of carbonyl (C=O) groups is 2. The van der Waals surface area contributed by atoms with Gasteiger partial charge in [-0.15, -0.1) is 0 Å². The zero-order valence-electron chi connectivity index (χ0n) is 25.3. The van der Waals surface area contributed by atoms with E-state index < -0.39 is 40.8 Å². The zero-order valence-corrected chi connectivity index (χ0v) is 25.3. The topological polar surface area (TPSA) is 105 Å². The van der Waals surface area contributed by atoms with Crippen molar-refractivity contribution in [1.82, 2.24) is 10.2 Å². The maximum absolute atomic E-state index is 14.2. The summed E-state index contributed by atoms with van der Waals surface area (Å²) >= 11 is 0. The number of halogens is 3. The Labute approximate surface area is 251 Å². The van der Waals surface area contributed by atoms with Crippen molar-refractivity contribution in [2.24, 2.45) is 17.1 Å². The molecule has 7 nitrogen and oxygen atoms in total. The number of nitrogens with zero attached hydrogens (tertiary/aromatic N) is 1. The van der Waals surface area contributed by atoms with Crippen LogP contribution in [-0.4, -0.2) is 54.7 Å². The van der Waals surface area contributed by atoms with E-state index in [1.807, 2.05) is 32.0 Å². The minimum Gasteiger partial charge on any atom is -0.497 e. The number of allylic oxidation sites excluding steroid dienone is 2. The first kappa shape index (κ1) is 33.9. The molecule has 0 aromatic heterocycles. The molecule has 1 aliphatic rings. The van der Waals surface area contributed by atoms with Crippen LogP contribution in [0, 0.1) is 28.8 Å². The Balaban J connectivity index is 2.00. The molecule has 0 saturated carbocycles. The van der Waals surface area contributed by atoms with Crippen molar-refractivity contribution < 1.29 is 32.6 Å². The standard InChI is InChI=1S/C33H42F3N3O4/c1-5-10-39(11-6-2)31(41)24-12-21(3)17-33(18-24,32(37)42)26(14-23-15-27(34)30(36)28(35)16-23)29(40)20-38-19-22-8-7-9-25(13-22)43-4/h7-9,12-13,15-17,26,29,38,40H,5-6,10-11,14,18-20H2,1-4H3,(H2,37,42)/t26-,29+,33?/m1/s1. The maximum Gasteiger partial charge on any atom is 0.249 e. The predicted octanol–water partition coefficient (Wildman–Crippen LogP) is 4.82. The van der Waals surface area contributed by atoms with Gasteiger partial charge < -0.3 is 25.8 Å². The first-order chi connectivity index (χ1) is 20.4.